The van der Waals surface area contributed by atoms with Crippen LogP contribution >= 0.6 is 11.3 Å². The summed E-state index contributed by atoms with van der Waals surface area (Å²) in [4.78, 5) is 27.2. The van der Waals surface area contributed by atoms with Crippen molar-refractivity contribution < 1.29 is 9.59 Å². The third-order valence-corrected chi connectivity index (χ3v) is 5.67. The molecule has 3 heterocycles. The molecule has 1 saturated heterocycles. The van der Waals surface area contributed by atoms with Crippen LogP contribution in [0.25, 0.3) is 0 Å². The van der Waals surface area contributed by atoms with Gasteiger partial charge in [0.2, 0.25) is 5.91 Å². The van der Waals surface area contributed by atoms with Crippen LogP contribution < -0.4 is 5.32 Å². The van der Waals surface area contributed by atoms with E-state index in [-0.39, 0.29) is 17.7 Å². The third-order valence-electron chi connectivity index (χ3n) is 4.68. The first-order chi connectivity index (χ1) is 11.7. The molecule has 126 valence electrons. The number of aromatic nitrogens is 2. The average molecular weight is 344 g/mol. The fourth-order valence-electron chi connectivity index (χ4n) is 3.15. The number of H-pyrrole nitrogens is 1. The van der Waals surface area contributed by atoms with Crippen LogP contribution in [0.1, 0.15) is 47.0 Å². The molecule has 1 aliphatic heterocycles. The zero-order valence-electron chi connectivity index (χ0n) is 13.3. The molecule has 6 nitrogen and oxygen atoms in total. The molecule has 1 unspecified atom stereocenters. The van der Waals surface area contributed by atoms with Gasteiger partial charge in [0.1, 0.15) is 0 Å². The first-order valence-electron chi connectivity index (χ1n) is 8.40. The molecule has 7 heteroatoms. The van der Waals surface area contributed by atoms with E-state index in [9.17, 15) is 9.59 Å². The molecule has 1 atom stereocenters. The van der Waals surface area contributed by atoms with Crippen molar-refractivity contribution >= 4 is 28.2 Å². The van der Waals surface area contributed by atoms with Crippen molar-refractivity contribution in [1.82, 2.24) is 15.1 Å². The van der Waals surface area contributed by atoms with Gasteiger partial charge in [-0.3, -0.25) is 14.7 Å². The smallest absolute Gasteiger partial charge is 0.264 e. The maximum absolute atomic E-state index is 12.8. The summed E-state index contributed by atoms with van der Waals surface area (Å²) in [5, 5.41) is 10.7. The molecule has 2 amide bonds. The number of nitrogens with zero attached hydrogens (tertiary/aromatic N) is 2. The highest BCUT2D eigenvalue weighted by molar-refractivity contribution is 7.18. The number of likely N-dealkylation sites (tertiary alicyclic amines) is 1. The number of carbonyl (C=O) groups excluding carboxylic acids is 2. The van der Waals surface area contributed by atoms with Crippen LogP contribution in [0.5, 0.6) is 0 Å². The van der Waals surface area contributed by atoms with Crippen LogP contribution in [0.15, 0.2) is 24.4 Å². The standard InChI is InChI=1S/C17H20N4O2S/c22-16(11-3-4-11)19-15-6-5-14(24-15)17(23)21-9-1-2-12(10-21)13-7-8-18-20-13/h5-8,11-12H,1-4,9-10H2,(H,18,20)(H,19,22). The molecule has 2 aromatic heterocycles. The van der Waals surface area contributed by atoms with Crippen LogP contribution in [0, 0.1) is 5.92 Å². The Bertz CT molecular complexity index is 736. The second-order valence-corrected chi connectivity index (χ2v) is 7.61. The van der Waals surface area contributed by atoms with Crippen LogP contribution in [0.3, 0.4) is 0 Å². The van der Waals surface area contributed by atoms with Crippen LogP contribution in [-0.2, 0) is 4.79 Å². The predicted molar refractivity (Wildman–Crippen MR) is 92.1 cm³/mol. The number of amides is 2. The molecule has 1 aliphatic carbocycles. The van der Waals surface area contributed by atoms with Gasteiger partial charge in [-0.25, -0.2) is 0 Å². The molecule has 0 aromatic carbocycles. The summed E-state index contributed by atoms with van der Waals surface area (Å²) in [6.07, 6.45) is 5.77. The molecular formula is C17H20N4O2S. The van der Waals surface area contributed by atoms with E-state index in [1.807, 2.05) is 23.1 Å². The van der Waals surface area contributed by atoms with Crippen LogP contribution in [-0.4, -0.2) is 40.0 Å². The Balaban J connectivity index is 1.41. The van der Waals surface area contributed by atoms with Gasteiger partial charge in [0.05, 0.1) is 9.88 Å². The van der Waals surface area contributed by atoms with Gasteiger partial charge in [-0.1, -0.05) is 0 Å². The number of nitrogens with one attached hydrogen (secondary N) is 2. The lowest BCUT2D eigenvalue weighted by Gasteiger charge is -2.31. The van der Waals surface area contributed by atoms with Crippen LogP contribution in [0.4, 0.5) is 5.00 Å². The Labute approximate surface area is 144 Å². The molecule has 0 radical (unpaired) electrons. The number of rotatable bonds is 4. The summed E-state index contributed by atoms with van der Waals surface area (Å²) in [6, 6.07) is 5.62. The van der Waals surface area contributed by atoms with Crippen molar-refractivity contribution in [1.29, 1.82) is 0 Å². The minimum absolute atomic E-state index is 0.0520. The van der Waals surface area contributed by atoms with Crippen molar-refractivity contribution in [3.63, 3.8) is 0 Å². The molecule has 2 fully saturated rings. The molecule has 0 spiro atoms. The van der Waals surface area contributed by atoms with E-state index in [2.05, 4.69) is 15.5 Å². The number of carbonyl (C=O) groups is 2. The van der Waals surface area contributed by atoms with Gasteiger partial charge < -0.3 is 10.2 Å². The fourth-order valence-corrected chi connectivity index (χ4v) is 4.03. The summed E-state index contributed by atoms with van der Waals surface area (Å²) in [7, 11) is 0. The average Bonchev–Trinajstić information content (AvgIpc) is 3.12. The Morgan fingerprint density at radius 3 is 2.88 bits per heavy atom. The molecule has 2 N–H and O–H groups in total. The van der Waals surface area contributed by atoms with Crippen molar-refractivity contribution in [2.24, 2.45) is 5.92 Å². The maximum Gasteiger partial charge on any atom is 0.264 e. The van der Waals surface area contributed by atoms with E-state index in [0.29, 0.717) is 17.3 Å². The molecule has 0 bridgehead atoms. The van der Waals surface area contributed by atoms with E-state index < -0.39 is 0 Å². The predicted octanol–water partition coefficient (Wildman–Crippen LogP) is 2.84. The highest BCUT2D eigenvalue weighted by atomic mass is 32.1. The Morgan fingerprint density at radius 2 is 2.12 bits per heavy atom. The van der Waals surface area contributed by atoms with Crippen molar-refractivity contribution in [3.8, 4) is 0 Å². The quantitative estimate of drug-likeness (QED) is 0.895. The zero-order chi connectivity index (χ0) is 16.5. The summed E-state index contributed by atoms with van der Waals surface area (Å²) < 4.78 is 0. The first-order valence-corrected chi connectivity index (χ1v) is 9.21. The lowest BCUT2D eigenvalue weighted by atomic mass is 9.95. The Hall–Kier alpha value is -2.15. The molecule has 2 aliphatic rings. The lowest BCUT2D eigenvalue weighted by molar-refractivity contribution is -0.117. The lowest BCUT2D eigenvalue weighted by Crippen LogP contribution is -2.38. The molecule has 4 rings (SSSR count). The maximum atomic E-state index is 12.8. The summed E-state index contributed by atoms with van der Waals surface area (Å²) in [5.74, 6) is 0.618. The highest BCUT2D eigenvalue weighted by Crippen LogP contribution is 2.32. The zero-order valence-corrected chi connectivity index (χ0v) is 14.1. The van der Waals surface area contributed by atoms with E-state index in [0.717, 1.165) is 42.9 Å². The van der Waals surface area contributed by atoms with E-state index in [4.69, 9.17) is 0 Å². The van der Waals surface area contributed by atoms with Crippen LogP contribution in [0.2, 0.25) is 0 Å². The van der Waals surface area contributed by atoms with Crippen molar-refractivity contribution in [2.75, 3.05) is 18.4 Å². The number of hydrogen-bond donors (Lipinski definition) is 2. The monoisotopic (exact) mass is 344 g/mol. The number of hydrogen-bond acceptors (Lipinski definition) is 4. The minimum atomic E-state index is 0.0520. The highest BCUT2D eigenvalue weighted by Gasteiger charge is 2.30. The second-order valence-electron chi connectivity index (χ2n) is 6.53. The number of piperidine rings is 1. The summed E-state index contributed by atoms with van der Waals surface area (Å²) >= 11 is 1.36. The largest absolute Gasteiger partial charge is 0.337 e. The SMILES string of the molecule is O=C(Nc1ccc(C(=O)N2CCCC(c3ccn[nH]3)C2)s1)C1CC1. The molecule has 24 heavy (non-hydrogen) atoms. The van der Waals surface area contributed by atoms with E-state index in [1.54, 1.807) is 6.20 Å². The van der Waals surface area contributed by atoms with Gasteiger partial charge in [-0.05, 0) is 43.9 Å². The van der Waals surface area contributed by atoms with Gasteiger partial charge in [-0.2, -0.15) is 5.10 Å². The van der Waals surface area contributed by atoms with E-state index >= 15 is 0 Å². The van der Waals surface area contributed by atoms with Crippen molar-refractivity contribution in [2.45, 2.75) is 31.6 Å². The number of aromatic amines is 1. The Morgan fingerprint density at radius 1 is 1.25 bits per heavy atom. The molecular weight excluding hydrogens is 324 g/mol. The third kappa shape index (κ3) is 3.21. The van der Waals surface area contributed by atoms with Gasteiger partial charge in [-0.15, -0.1) is 11.3 Å². The van der Waals surface area contributed by atoms with Gasteiger partial charge >= 0.3 is 0 Å². The number of anilines is 1. The topological polar surface area (TPSA) is 78.1 Å². The molecule has 1 saturated carbocycles. The van der Waals surface area contributed by atoms with E-state index in [1.165, 1.54) is 11.3 Å². The van der Waals surface area contributed by atoms with Gasteiger partial charge in [0.25, 0.3) is 5.91 Å². The van der Waals surface area contributed by atoms with Crippen molar-refractivity contribution in [3.05, 3.63) is 35.0 Å². The Kier molecular flexibility index (Phi) is 4.10. The summed E-state index contributed by atoms with van der Waals surface area (Å²) in [6.45, 7) is 1.49. The number of thiophene rings is 1. The minimum Gasteiger partial charge on any atom is -0.337 e. The second kappa shape index (κ2) is 6.39. The fraction of sp³-hybridized carbons (Fsp3) is 0.471. The van der Waals surface area contributed by atoms with Gasteiger partial charge in [0.15, 0.2) is 0 Å². The summed E-state index contributed by atoms with van der Waals surface area (Å²) in [5.41, 5.74) is 1.09. The van der Waals surface area contributed by atoms with Gasteiger partial charge in [0, 0.05) is 36.8 Å². The molecule has 2 aromatic rings. The first kappa shape index (κ1) is 15.4. The normalized spacial score (nSPS) is 20.8.